The van der Waals surface area contributed by atoms with E-state index < -0.39 is 36.2 Å². The number of hydrogen-bond acceptors (Lipinski definition) is 6. The summed E-state index contributed by atoms with van der Waals surface area (Å²) in [6.07, 6.45) is -5.08. The molecule has 2 saturated heterocycles. The third-order valence-corrected chi connectivity index (χ3v) is 6.15. The number of fused-ring (bicyclic) bond motifs is 1. The van der Waals surface area contributed by atoms with Gasteiger partial charge in [0.05, 0.1) is 24.0 Å². The molecule has 7 nitrogen and oxygen atoms in total. The SMILES string of the molecule is CCCOc1ccc(N2C(=O)[C@H]3[C@@H](c4ccc(OC(F)(F)F)cc4)N(c4ccccc4)O[C@H]3C2=O)cc1. The molecule has 0 bridgehead atoms. The summed E-state index contributed by atoms with van der Waals surface area (Å²) in [5, 5.41) is 1.48. The predicted octanol–water partition coefficient (Wildman–Crippen LogP) is 5.43. The van der Waals surface area contributed by atoms with Crippen LogP contribution in [0.3, 0.4) is 0 Å². The summed E-state index contributed by atoms with van der Waals surface area (Å²) in [6, 6.07) is 20.0. The van der Waals surface area contributed by atoms with Gasteiger partial charge in [0.2, 0.25) is 5.91 Å². The number of benzene rings is 3. The molecule has 2 heterocycles. The number of ether oxygens (including phenoxy) is 2. The van der Waals surface area contributed by atoms with Gasteiger partial charge in [-0.15, -0.1) is 13.2 Å². The Morgan fingerprint density at radius 3 is 2.11 bits per heavy atom. The lowest BCUT2D eigenvalue weighted by Crippen LogP contribution is -2.37. The van der Waals surface area contributed by atoms with Crippen molar-refractivity contribution in [1.29, 1.82) is 0 Å². The summed E-state index contributed by atoms with van der Waals surface area (Å²) in [7, 11) is 0. The second-order valence-electron chi connectivity index (χ2n) is 8.63. The Labute approximate surface area is 210 Å². The Hall–Kier alpha value is -4.05. The van der Waals surface area contributed by atoms with Gasteiger partial charge in [-0.25, -0.2) is 9.96 Å². The summed E-state index contributed by atoms with van der Waals surface area (Å²) in [6.45, 7) is 2.53. The Balaban J connectivity index is 1.47. The van der Waals surface area contributed by atoms with Crippen LogP contribution >= 0.6 is 0 Å². The predicted molar refractivity (Wildman–Crippen MR) is 128 cm³/mol. The summed E-state index contributed by atoms with van der Waals surface area (Å²) < 4.78 is 47.5. The van der Waals surface area contributed by atoms with Crippen molar-refractivity contribution in [3.05, 3.63) is 84.4 Å². The standard InChI is InChI=1S/C27H23F3N2O5/c1-2-16-35-20-14-10-18(11-15-20)31-25(33)22-23(17-8-12-21(13-9-17)36-27(28,29)30)32(37-24(22)26(31)34)19-6-4-3-5-7-19/h3-15,22-24H,2,16H2,1H3/t22-,23+,24+/m0/s1. The number of amides is 2. The van der Waals surface area contributed by atoms with Gasteiger partial charge < -0.3 is 9.47 Å². The molecule has 3 aromatic rings. The molecule has 0 spiro atoms. The number of hydroxylamine groups is 1. The van der Waals surface area contributed by atoms with Gasteiger partial charge in [-0.3, -0.25) is 14.4 Å². The number of halogens is 3. The molecule has 2 aliphatic heterocycles. The third kappa shape index (κ3) is 4.84. The highest BCUT2D eigenvalue weighted by atomic mass is 19.4. The first-order valence-electron chi connectivity index (χ1n) is 11.7. The molecular weight excluding hydrogens is 489 g/mol. The molecule has 192 valence electrons. The molecule has 2 amide bonds. The Morgan fingerprint density at radius 2 is 1.49 bits per heavy atom. The summed E-state index contributed by atoms with van der Waals surface area (Å²) in [4.78, 5) is 34.2. The second kappa shape index (κ2) is 9.78. The van der Waals surface area contributed by atoms with Gasteiger partial charge in [0.25, 0.3) is 5.91 Å². The minimum absolute atomic E-state index is 0.385. The molecule has 0 aliphatic carbocycles. The topological polar surface area (TPSA) is 68.3 Å². The number of carbonyl (C=O) groups excluding carboxylic acids is 2. The minimum atomic E-state index is -4.83. The lowest BCUT2D eigenvalue weighted by Gasteiger charge is -2.29. The Kier molecular flexibility index (Phi) is 6.51. The van der Waals surface area contributed by atoms with Crippen LogP contribution < -0.4 is 19.4 Å². The largest absolute Gasteiger partial charge is 0.573 e. The van der Waals surface area contributed by atoms with Gasteiger partial charge in [0.1, 0.15) is 17.4 Å². The van der Waals surface area contributed by atoms with E-state index in [1.807, 2.05) is 13.0 Å². The van der Waals surface area contributed by atoms with Gasteiger partial charge in [0, 0.05) is 0 Å². The van der Waals surface area contributed by atoms with E-state index in [4.69, 9.17) is 9.57 Å². The number of carbonyl (C=O) groups is 2. The highest BCUT2D eigenvalue weighted by Gasteiger charge is 2.60. The van der Waals surface area contributed by atoms with E-state index in [0.29, 0.717) is 29.3 Å². The first-order chi connectivity index (χ1) is 17.8. The van der Waals surface area contributed by atoms with Gasteiger partial charge in [0.15, 0.2) is 6.10 Å². The van der Waals surface area contributed by atoms with Crippen LogP contribution in [0.1, 0.15) is 24.9 Å². The maximum absolute atomic E-state index is 13.7. The molecule has 10 heteroatoms. The van der Waals surface area contributed by atoms with Crippen LogP contribution in [0.4, 0.5) is 24.5 Å². The van der Waals surface area contributed by atoms with E-state index in [0.717, 1.165) is 11.3 Å². The van der Waals surface area contributed by atoms with Crippen molar-refractivity contribution in [2.75, 3.05) is 16.6 Å². The second-order valence-corrected chi connectivity index (χ2v) is 8.63. The average Bonchev–Trinajstić information content (AvgIpc) is 3.39. The molecule has 0 saturated carbocycles. The number of anilines is 2. The number of imide groups is 1. The summed E-state index contributed by atoms with van der Waals surface area (Å²) in [5.41, 5.74) is 1.48. The highest BCUT2D eigenvalue weighted by molar-refractivity contribution is 6.23. The Morgan fingerprint density at radius 1 is 0.838 bits per heavy atom. The molecule has 2 fully saturated rings. The molecular formula is C27H23F3N2O5. The fraction of sp³-hybridized carbons (Fsp3) is 0.259. The maximum atomic E-state index is 13.7. The molecule has 3 atom stereocenters. The Bertz CT molecular complexity index is 1270. The third-order valence-electron chi connectivity index (χ3n) is 6.15. The maximum Gasteiger partial charge on any atom is 0.573 e. The number of alkyl halides is 3. The van der Waals surface area contributed by atoms with Crippen LogP contribution in [-0.2, 0) is 14.4 Å². The van der Waals surface area contributed by atoms with Crippen molar-refractivity contribution in [3.8, 4) is 11.5 Å². The first kappa shape index (κ1) is 24.6. The van der Waals surface area contributed by atoms with Gasteiger partial charge in [-0.2, -0.15) is 0 Å². The van der Waals surface area contributed by atoms with E-state index >= 15 is 0 Å². The summed E-state index contributed by atoms with van der Waals surface area (Å²) in [5.74, 6) is -1.67. The van der Waals surface area contributed by atoms with Crippen LogP contribution in [0.5, 0.6) is 11.5 Å². The van der Waals surface area contributed by atoms with Gasteiger partial charge in [-0.05, 0) is 60.5 Å². The smallest absolute Gasteiger partial charge is 0.494 e. The van der Waals surface area contributed by atoms with Crippen LogP contribution in [0.2, 0.25) is 0 Å². The van der Waals surface area contributed by atoms with E-state index in [1.165, 1.54) is 29.3 Å². The molecule has 0 radical (unpaired) electrons. The van der Waals surface area contributed by atoms with Gasteiger partial charge in [-0.1, -0.05) is 37.3 Å². The van der Waals surface area contributed by atoms with Gasteiger partial charge >= 0.3 is 6.36 Å². The van der Waals surface area contributed by atoms with Crippen LogP contribution in [0, 0.1) is 5.92 Å². The average molecular weight is 512 g/mol. The summed E-state index contributed by atoms with van der Waals surface area (Å²) >= 11 is 0. The van der Waals surface area contributed by atoms with E-state index in [2.05, 4.69) is 4.74 Å². The molecule has 3 aromatic carbocycles. The molecule has 5 rings (SSSR count). The molecule has 2 aliphatic rings. The van der Waals surface area contributed by atoms with Crippen molar-refractivity contribution in [2.24, 2.45) is 5.92 Å². The van der Waals surface area contributed by atoms with Crippen molar-refractivity contribution < 1.29 is 37.1 Å². The monoisotopic (exact) mass is 512 g/mol. The number of nitrogens with zero attached hydrogens (tertiary/aromatic N) is 2. The van der Waals surface area contributed by atoms with Crippen LogP contribution in [-0.4, -0.2) is 30.9 Å². The molecule has 0 N–H and O–H groups in total. The normalized spacial score (nSPS) is 21.4. The van der Waals surface area contributed by atoms with E-state index in [1.54, 1.807) is 48.5 Å². The first-order valence-corrected chi connectivity index (χ1v) is 11.7. The quantitative estimate of drug-likeness (QED) is 0.394. The molecule has 0 unspecified atom stereocenters. The number of rotatable bonds is 7. The molecule has 37 heavy (non-hydrogen) atoms. The van der Waals surface area contributed by atoms with E-state index in [9.17, 15) is 22.8 Å². The number of hydrogen-bond donors (Lipinski definition) is 0. The zero-order chi connectivity index (χ0) is 26.2. The minimum Gasteiger partial charge on any atom is -0.494 e. The fourth-order valence-electron chi connectivity index (χ4n) is 4.58. The lowest BCUT2D eigenvalue weighted by molar-refractivity contribution is -0.274. The zero-order valence-corrected chi connectivity index (χ0v) is 19.7. The fourth-order valence-corrected chi connectivity index (χ4v) is 4.58. The molecule has 0 aromatic heterocycles. The lowest BCUT2D eigenvalue weighted by atomic mass is 9.90. The van der Waals surface area contributed by atoms with Crippen molar-refractivity contribution in [3.63, 3.8) is 0 Å². The number of para-hydroxylation sites is 1. The van der Waals surface area contributed by atoms with Crippen LogP contribution in [0.25, 0.3) is 0 Å². The van der Waals surface area contributed by atoms with Crippen molar-refractivity contribution in [1.82, 2.24) is 0 Å². The zero-order valence-electron chi connectivity index (χ0n) is 19.7. The van der Waals surface area contributed by atoms with Crippen LogP contribution in [0.15, 0.2) is 78.9 Å². The van der Waals surface area contributed by atoms with Crippen molar-refractivity contribution >= 4 is 23.2 Å². The van der Waals surface area contributed by atoms with Crippen molar-refractivity contribution in [2.45, 2.75) is 31.9 Å². The highest BCUT2D eigenvalue weighted by Crippen LogP contribution is 2.48. The van der Waals surface area contributed by atoms with E-state index in [-0.39, 0.29) is 5.75 Å².